The molecule has 6 nitrogen and oxygen atoms in total. The third kappa shape index (κ3) is 53.4. The van der Waals surface area contributed by atoms with E-state index in [4.69, 9.17) is 14.2 Å². The highest BCUT2D eigenvalue weighted by molar-refractivity contribution is 5.71. The van der Waals surface area contributed by atoms with Gasteiger partial charge in [-0.15, -0.1) is 0 Å². The van der Waals surface area contributed by atoms with Gasteiger partial charge < -0.3 is 14.2 Å². The monoisotopic (exact) mass is 933 g/mol. The second-order valence-corrected chi connectivity index (χ2v) is 18.5. The Bertz CT molecular complexity index is 1300. The Labute approximate surface area is 414 Å². The fraction of sp³-hybridized carbons (Fsp3) is 0.721. The van der Waals surface area contributed by atoms with Crippen molar-refractivity contribution in [2.45, 2.75) is 271 Å². The fourth-order valence-corrected chi connectivity index (χ4v) is 7.63. The number of rotatable bonds is 50. The van der Waals surface area contributed by atoms with Crippen molar-refractivity contribution in [1.29, 1.82) is 0 Å². The summed E-state index contributed by atoms with van der Waals surface area (Å²) in [6.07, 6.45) is 71.3. The van der Waals surface area contributed by atoms with Crippen LogP contribution in [0.1, 0.15) is 265 Å². The van der Waals surface area contributed by atoms with Crippen molar-refractivity contribution in [3.8, 4) is 0 Å². The molecule has 1 atom stereocenters. The van der Waals surface area contributed by atoms with Crippen molar-refractivity contribution >= 4 is 17.9 Å². The van der Waals surface area contributed by atoms with Gasteiger partial charge in [-0.2, -0.15) is 0 Å². The van der Waals surface area contributed by atoms with Crippen LogP contribution in [0.15, 0.2) is 85.1 Å². The van der Waals surface area contributed by atoms with E-state index in [1.54, 1.807) is 0 Å². The highest BCUT2D eigenvalue weighted by Crippen LogP contribution is 2.14. The number of hydrogen-bond acceptors (Lipinski definition) is 6. The normalized spacial score (nSPS) is 12.7. The molecule has 0 saturated heterocycles. The van der Waals surface area contributed by atoms with E-state index in [0.29, 0.717) is 19.3 Å². The van der Waals surface area contributed by atoms with E-state index >= 15 is 0 Å². The van der Waals surface area contributed by atoms with Crippen LogP contribution >= 0.6 is 0 Å². The van der Waals surface area contributed by atoms with Crippen LogP contribution in [0.4, 0.5) is 0 Å². The zero-order valence-corrected chi connectivity index (χ0v) is 43.9. The Balaban J connectivity index is 4.45. The van der Waals surface area contributed by atoms with E-state index in [-0.39, 0.29) is 31.1 Å². The largest absolute Gasteiger partial charge is 0.462 e. The molecule has 0 N–H and O–H groups in total. The SMILES string of the molecule is CC/C=C\C/C=C\C/C=C\C/C=C\CCCCCCC(=O)OC[C@H](COC(=O)CCCCCCCCC/C=C\CCCCCC)OC(=O)CCCCCCCCC/C=C\C/C=C\CCCCC. The lowest BCUT2D eigenvalue weighted by molar-refractivity contribution is -0.167. The molecule has 0 unspecified atom stereocenters. The lowest BCUT2D eigenvalue weighted by Crippen LogP contribution is -2.30. The summed E-state index contributed by atoms with van der Waals surface area (Å²) in [6, 6.07) is 0. The summed E-state index contributed by atoms with van der Waals surface area (Å²) >= 11 is 0. The summed E-state index contributed by atoms with van der Waals surface area (Å²) in [4.78, 5) is 38.1. The second kappa shape index (κ2) is 55.2. The van der Waals surface area contributed by atoms with E-state index < -0.39 is 6.10 Å². The quantitative estimate of drug-likeness (QED) is 0.0262. The third-order valence-electron chi connectivity index (χ3n) is 11.9. The first-order valence-corrected chi connectivity index (χ1v) is 28.1. The molecule has 0 aromatic rings. The van der Waals surface area contributed by atoms with Crippen LogP contribution in [0.25, 0.3) is 0 Å². The summed E-state index contributed by atoms with van der Waals surface area (Å²) in [5.74, 6) is -0.922. The van der Waals surface area contributed by atoms with E-state index in [9.17, 15) is 14.4 Å². The lowest BCUT2D eigenvalue weighted by atomic mass is 10.1. The van der Waals surface area contributed by atoms with Gasteiger partial charge in [0.25, 0.3) is 0 Å². The molecule has 0 aromatic carbocycles. The summed E-state index contributed by atoms with van der Waals surface area (Å²) in [5.41, 5.74) is 0. The van der Waals surface area contributed by atoms with Crippen LogP contribution in [0.3, 0.4) is 0 Å². The molecule has 0 amide bonds. The number of hydrogen-bond donors (Lipinski definition) is 0. The summed E-state index contributed by atoms with van der Waals surface area (Å²) in [6.45, 7) is 6.47. The molecule has 0 aliphatic carbocycles. The van der Waals surface area contributed by atoms with Crippen LogP contribution in [-0.4, -0.2) is 37.2 Å². The summed E-state index contributed by atoms with van der Waals surface area (Å²) in [5, 5.41) is 0. The Morgan fingerprint density at radius 3 is 0.955 bits per heavy atom. The Kier molecular flexibility index (Phi) is 52.4. The first kappa shape index (κ1) is 63.6. The smallest absolute Gasteiger partial charge is 0.306 e. The van der Waals surface area contributed by atoms with E-state index in [2.05, 4.69) is 106 Å². The van der Waals surface area contributed by atoms with Crippen molar-refractivity contribution in [2.24, 2.45) is 0 Å². The van der Waals surface area contributed by atoms with Gasteiger partial charge in [-0.25, -0.2) is 0 Å². The molecular formula is C61H104O6. The number of ether oxygens (including phenoxy) is 3. The van der Waals surface area contributed by atoms with Gasteiger partial charge in [-0.1, -0.05) is 215 Å². The molecule has 0 spiro atoms. The Morgan fingerprint density at radius 1 is 0.313 bits per heavy atom. The predicted octanol–water partition coefficient (Wildman–Crippen LogP) is 18.8. The van der Waals surface area contributed by atoms with Crippen LogP contribution in [0.5, 0.6) is 0 Å². The topological polar surface area (TPSA) is 78.9 Å². The molecule has 0 bridgehead atoms. The van der Waals surface area contributed by atoms with Gasteiger partial charge >= 0.3 is 17.9 Å². The van der Waals surface area contributed by atoms with Gasteiger partial charge in [-0.3, -0.25) is 14.4 Å². The molecule has 0 aromatic heterocycles. The van der Waals surface area contributed by atoms with Crippen molar-refractivity contribution in [1.82, 2.24) is 0 Å². The second-order valence-electron chi connectivity index (χ2n) is 18.5. The highest BCUT2D eigenvalue weighted by atomic mass is 16.6. The van der Waals surface area contributed by atoms with E-state index in [1.807, 2.05) is 0 Å². The Hall–Kier alpha value is -3.41. The standard InChI is InChI=1S/C61H104O6/c1-4-7-10-13-16-19-22-25-28-30-33-36-39-42-45-48-51-54-60(63)66-57-58(56-65-59(62)53-50-47-44-41-38-35-32-27-24-21-18-15-12-9-6-3)67-61(64)55-52-49-46-43-40-37-34-31-29-26-23-20-17-14-11-8-5-2/h7,10,16-17,19-21,24-26,28-29,33,36,58H,4-6,8-9,11-15,18,22-23,27,30-32,34-35,37-57H2,1-3H3/b10-7-,19-16-,20-17-,24-21-,28-25-,29-26-,36-33-/t58-/m0/s1. The lowest BCUT2D eigenvalue weighted by Gasteiger charge is -2.18. The van der Waals surface area contributed by atoms with Crippen LogP contribution in [0, 0.1) is 0 Å². The van der Waals surface area contributed by atoms with Crippen molar-refractivity contribution in [3.05, 3.63) is 85.1 Å². The molecule has 0 radical (unpaired) electrons. The third-order valence-corrected chi connectivity index (χ3v) is 11.9. The first-order chi connectivity index (χ1) is 33.0. The number of carbonyl (C=O) groups is 3. The fourth-order valence-electron chi connectivity index (χ4n) is 7.63. The summed E-state index contributed by atoms with van der Waals surface area (Å²) in [7, 11) is 0. The van der Waals surface area contributed by atoms with Crippen LogP contribution in [-0.2, 0) is 28.6 Å². The number of unbranched alkanes of at least 4 members (excludes halogenated alkanes) is 25. The predicted molar refractivity (Wildman–Crippen MR) is 288 cm³/mol. The van der Waals surface area contributed by atoms with Gasteiger partial charge in [-0.05, 0) is 116 Å². The number of carbonyl (C=O) groups excluding carboxylic acids is 3. The number of allylic oxidation sites excluding steroid dienone is 14. The zero-order chi connectivity index (χ0) is 48.6. The van der Waals surface area contributed by atoms with E-state index in [1.165, 1.54) is 116 Å². The van der Waals surface area contributed by atoms with Gasteiger partial charge in [0, 0.05) is 19.3 Å². The van der Waals surface area contributed by atoms with Gasteiger partial charge in [0.15, 0.2) is 6.10 Å². The van der Waals surface area contributed by atoms with Gasteiger partial charge in [0.1, 0.15) is 13.2 Å². The Morgan fingerprint density at radius 2 is 0.582 bits per heavy atom. The highest BCUT2D eigenvalue weighted by Gasteiger charge is 2.19. The molecule has 6 heteroatoms. The first-order valence-electron chi connectivity index (χ1n) is 28.1. The van der Waals surface area contributed by atoms with Gasteiger partial charge in [0.05, 0.1) is 0 Å². The molecule has 0 rings (SSSR count). The molecular weight excluding hydrogens is 829 g/mol. The average Bonchev–Trinajstić information content (AvgIpc) is 3.33. The molecule has 0 aliphatic rings. The van der Waals surface area contributed by atoms with Gasteiger partial charge in [0.2, 0.25) is 0 Å². The minimum atomic E-state index is -0.793. The van der Waals surface area contributed by atoms with Crippen LogP contribution < -0.4 is 0 Å². The maximum Gasteiger partial charge on any atom is 0.306 e. The number of esters is 3. The minimum absolute atomic E-state index is 0.0900. The maximum absolute atomic E-state index is 12.8. The molecule has 0 heterocycles. The van der Waals surface area contributed by atoms with Crippen molar-refractivity contribution in [2.75, 3.05) is 13.2 Å². The molecule has 0 fully saturated rings. The molecule has 0 aliphatic heterocycles. The zero-order valence-electron chi connectivity index (χ0n) is 43.9. The molecule has 67 heavy (non-hydrogen) atoms. The molecule has 384 valence electrons. The van der Waals surface area contributed by atoms with Crippen molar-refractivity contribution in [3.63, 3.8) is 0 Å². The average molecular weight is 933 g/mol. The van der Waals surface area contributed by atoms with E-state index in [0.717, 1.165) is 109 Å². The van der Waals surface area contributed by atoms with Crippen LogP contribution in [0.2, 0.25) is 0 Å². The minimum Gasteiger partial charge on any atom is -0.462 e. The summed E-state index contributed by atoms with van der Waals surface area (Å²) < 4.78 is 16.8. The van der Waals surface area contributed by atoms with Crippen molar-refractivity contribution < 1.29 is 28.6 Å². The molecule has 0 saturated carbocycles. The maximum atomic E-state index is 12.8.